The molecule has 1 heterocycles. The van der Waals surface area contributed by atoms with E-state index in [1.807, 2.05) is 48.0 Å². The minimum atomic E-state index is -3.65. The van der Waals surface area contributed by atoms with Crippen molar-refractivity contribution in [2.45, 2.75) is 19.8 Å². The molecule has 0 fully saturated rings. The lowest BCUT2D eigenvalue weighted by atomic mass is 10.1. The predicted octanol–water partition coefficient (Wildman–Crippen LogP) is 3.83. The average Bonchev–Trinajstić information content (AvgIpc) is 2.99. The maximum absolute atomic E-state index is 12.4. The molecule has 0 aliphatic heterocycles. The van der Waals surface area contributed by atoms with E-state index in [-0.39, 0.29) is 5.69 Å². The van der Waals surface area contributed by atoms with Crippen molar-refractivity contribution in [2.75, 3.05) is 12.9 Å². The molecule has 3 rings (SSSR count). The quantitative estimate of drug-likeness (QED) is 0.568. The molecule has 0 radical (unpaired) electrons. The Morgan fingerprint density at radius 3 is 2.68 bits per heavy atom. The van der Waals surface area contributed by atoms with Crippen LogP contribution in [0.4, 0.5) is 0 Å². The number of para-hydroxylation sites is 1. The highest BCUT2D eigenvalue weighted by atomic mass is 35.5. The number of amides is 1. The number of ether oxygens (including phenoxy) is 1. The highest BCUT2D eigenvalue weighted by molar-refractivity contribution is 7.89. The van der Waals surface area contributed by atoms with E-state index in [2.05, 4.69) is 4.98 Å². The number of nitrogens with one attached hydrogen (secondary N) is 2. The lowest BCUT2D eigenvalue weighted by Gasteiger charge is -2.09. The Bertz CT molecular complexity index is 1120. The zero-order chi connectivity index (χ0) is 20.3. The second-order valence-electron chi connectivity index (χ2n) is 6.59. The first kappa shape index (κ1) is 20.2. The van der Waals surface area contributed by atoms with Crippen molar-refractivity contribution in [1.29, 1.82) is 0 Å². The van der Waals surface area contributed by atoms with Gasteiger partial charge in [-0.2, -0.15) is 0 Å². The van der Waals surface area contributed by atoms with Gasteiger partial charge in [0.15, 0.2) is 0 Å². The average molecular weight is 421 g/mol. The van der Waals surface area contributed by atoms with Crippen LogP contribution in [0.3, 0.4) is 0 Å². The standard InChI is InChI=1S/C20H21ClN2O4S/c1-13-12-14(9-10-17(13)21)27-11-5-7-16-15-6-3-4-8-18(15)22-19(16)20(24)23-28(2,25)26/h3-4,6,8-10,12,22H,5,7,11H2,1-2H3,(H,23,24). The number of benzene rings is 2. The summed E-state index contributed by atoms with van der Waals surface area (Å²) in [4.78, 5) is 15.4. The van der Waals surface area contributed by atoms with Crippen molar-refractivity contribution in [1.82, 2.24) is 9.71 Å². The molecule has 8 heteroatoms. The fourth-order valence-electron chi connectivity index (χ4n) is 3.02. The van der Waals surface area contributed by atoms with Gasteiger partial charge in [0, 0.05) is 15.9 Å². The van der Waals surface area contributed by atoms with Crippen molar-refractivity contribution in [2.24, 2.45) is 0 Å². The first-order valence-electron chi connectivity index (χ1n) is 8.75. The third kappa shape index (κ3) is 4.85. The Kier molecular flexibility index (Phi) is 5.96. The summed E-state index contributed by atoms with van der Waals surface area (Å²) in [6.07, 6.45) is 2.17. The minimum Gasteiger partial charge on any atom is -0.494 e. The SMILES string of the molecule is Cc1cc(OCCCc2c(C(=O)NS(C)(=O)=O)[nH]c3ccccc23)ccc1Cl. The molecule has 2 aromatic carbocycles. The van der Waals surface area contributed by atoms with Crippen molar-refractivity contribution in [3.8, 4) is 5.75 Å². The summed E-state index contributed by atoms with van der Waals surface area (Å²) in [5.74, 6) is 0.0683. The number of carbonyl (C=O) groups is 1. The fraction of sp³-hybridized carbons (Fsp3) is 0.250. The van der Waals surface area contributed by atoms with Crippen LogP contribution in [0.2, 0.25) is 5.02 Å². The van der Waals surface area contributed by atoms with Crippen molar-refractivity contribution < 1.29 is 17.9 Å². The zero-order valence-corrected chi connectivity index (χ0v) is 17.2. The smallest absolute Gasteiger partial charge is 0.281 e. The molecule has 148 valence electrons. The van der Waals surface area contributed by atoms with Gasteiger partial charge in [0.25, 0.3) is 5.91 Å². The summed E-state index contributed by atoms with van der Waals surface area (Å²) < 4.78 is 30.7. The van der Waals surface area contributed by atoms with Gasteiger partial charge in [-0.3, -0.25) is 4.79 Å². The molecular formula is C20H21ClN2O4S. The lowest BCUT2D eigenvalue weighted by molar-refractivity contribution is 0.0976. The summed E-state index contributed by atoms with van der Waals surface area (Å²) in [6, 6.07) is 13.0. The number of hydrogen-bond acceptors (Lipinski definition) is 4. The van der Waals surface area contributed by atoms with Crippen LogP contribution in [0.25, 0.3) is 10.9 Å². The molecule has 28 heavy (non-hydrogen) atoms. The number of rotatable bonds is 7. The van der Waals surface area contributed by atoms with Gasteiger partial charge >= 0.3 is 0 Å². The van der Waals surface area contributed by atoms with Crippen LogP contribution in [0.15, 0.2) is 42.5 Å². The summed E-state index contributed by atoms with van der Waals surface area (Å²) >= 11 is 6.02. The Morgan fingerprint density at radius 1 is 1.21 bits per heavy atom. The Labute approximate surface area is 168 Å². The van der Waals surface area contributed by atoms with Crippen LogP contribution in [-0.4, -0.2) is 32.2 Å². The van der Waals surface area contributed by atoms with E-state index >= 15 is 0 Å². The second-order valence-corrected chi connectivity index (χ2v) is 8.75. The van der Waals surface area contributed by atoms with Gasteiger partial charge in [-0.05, 0) is 55.2 Å². The molecule has 0 bridgehead atoms. The first-order valence-corrected chi connectivity index (χ1v) is 11.0. The molecule has 0 spiro atoms. The van der Waals surface area contributed by atoms with E-state index in [4.69, 9.17) is 16.3 Å². The number of H-pyrrole nitrogens is 1. The molecular weight excluding hydrogens is 400 g/mol. The maximum Gasteiger partial charge on any atom is 0.281 e. The van der Waals surface area contributed by atoms with Gasteiger partial charge in [-0.25, -0.2) is 13.1 Å². The highest BCUT2D eigenvalue weighted by Gasteiger charge is 2.19. The number of aryl methyl sites for hydroxylation is 2. The van der Waals surface area contributed by atoms with E-state index in [0.29, 0.717) is 24.5 Å². The zero-order valence-electron chi connectivity index (χ0n) is 15.6. The Hall–Kier alpha value is -2.51. The predicted molar refractivity (Wildman–Crippen MR) is 111 cm³/mol. The van der Waals surface area contributed by atoms with Crippen molar-refractivity contribution >= 4 is 38.4 Å². The van der Waals surface area contributed by atoms with E-state index in [0.717, 1.165) is 34.0 Å². The monoisotopic (exact) mass is 420 g/mol. The number of hydrogen-bond donors (Lipinski definition) is 2. The molecule has 0 unspecified atom stereocenters. The van der Waals surface area contributed by atoms with E-state index in [9.17, 15) is 13.2 Å². The van der Waals surface area contributed by atoms with Gasteiger partial charge in [0.2, 0.25) is 10.0 Å². The summed E-state index contributed by atoms with van der Waals surface area (Å²) in [7, 11) is -3.65. The number of halogens is 1. The lowest BCUT2D eigenvalue weighted by Crippen LogP contribution is -2.30. The van der Waals surface area contributed by atoms with Gasteiger partial charge in [-0.15, -0.1) is 0 Å². The molecule has 0 aliphatic rings. The molecule has 0 saturated heterocycles. The van der Waals surface area contributed by atoms with Crippen molar-refractivity contribution in [3.63, 3.8) is 0 Å². The molecule has 6 nitrogen and oxygen atoms in total. The normalized spacial score (nSPS) is 11.5. The summed E-state index contributed by atoms with van der Waals surface area (Å²) in [5.41, 5.74) is 2.75. The number of fused-ring (bicyclic) bond motifs is 1. The number of aromatic amines is 1. The second kappa shape index (κ2) is 8.24. The number of aromatic nitrogens is 1. The Morgan fingerprint density at radius 2 is 1.96 bits per heavy atom. The Balaban J connectivity index is 1.74. The first-order chi connectivity index (χ1) is 13.2. The van der Waals surface area contributed by atoms with Gasteiger partial charge in [0.05, 0.1) is 12.9 Å². The fourth-order valence-corrected chi connectivity index (χ4v) is 3.58. The minimum absolute atomic E-state index is 0.258. The van der Waals surface area contributed by atoms with Crippen LogP contribution >= 0.6 is 11.6 Å². The third-order valence-corrected chi connectivity index (χ3v) is 5.27. The van der Waals surface area contributed by atoms with Crippen LogP contribution < -0.4 is 9.46 Å². The molecule has 0 saturated carbocycles. The summed E-state index contributed by atoms with van der Waals surface area (Å²) in [5, 5.41) is 1.58. The van der Waals surface area contributed by atoms with Gasteiger partial charge in [0.1, 0.15) is 11.4 Å². The van der Waals surface area contributed by atoms with E-state index in [1.165, 1.54) is 0 Å². The molecule has 1 amide bonds. The van der Waals surface area contributed by atoms with E-state index in [1.54, 1.807) is 6.07 Å². The van der Waals surface area contributed by atoms with Crippen LogP contribution in [0.1, 0.15) is 28.0 Å². The van der Waals surface area contributed by atoms with Gasteiger partial charge in [-0.1, -0.05) is 29.8 Å². The molecule has 2 N–H and O–H groups in total. The molecule has 3 aromatic rings. The van der Waals surface area contributed by atoms with Gasteiger partial charge < -0.3 is 9.72 Å². The third-order valence-electron chi connectivity index (χ3n) is 4.29. The van der Waals surface area contributed by atoms with Crippen LogP contribution in [-0.2, 0) is 16.4 Å². The van der Waals surface area contributed by atoms with Crippen LogP contribution in [0, 0.1) is 6.92 Å². The van der Waals surface area contributed by atoms with E-state index < -0.39 is 15.9 Å². The highest BCUT2D eigenvalue weighted by Crippen LogP contribution is 2.25. The van der Waals surface area contributed by atoms with Crippen molar-refractivity contribution in [3.05, 3.63) is 64.3 Å². The largest absolute Gasteiger partial charge is 0.494 e. The molecule has 1 aromatic heterocycles. The molecule has 0 aliphatic carbocycles. The van der Waals surface area contributed by atoms with Crippen LogP contribution in [0.5, 0.6) is 5.75 Å². The summed E-state index contributed by atoms with van der Waals surface area (Å²) in [6.45, 7) is 2.36. The maximum atomic E-state index is 12.4. The number of sulfonamides is 1. The topological polar surface area (TPSA) is 88.3 Å². The number of carbonyl (C=O) groups excluding carboxylic acids is 1. The molecule has 0 atom stereocenters.